The molecule has 2 aliphatic carbocycles. The topological polar surface area (TPSA) is 21.8 Å². The lowest BCUT2D eigenvalue weighted by Gasteiger charge is -2.43. The van der Waals surface area contributed by atoms with E-state index in [0.29, 0.717) is 17.6 Å². The third-order valence-corrected chi connectivity index (χ3v) is 6.00. The third-order valence-electron chi connectivity index (χ3n) is 6.00. The maximum Gasteiger partial charge on any atom is 0.0847 e. The normalized spacial score (nSPS) is 53.6. The number of rotatable bonds is 1. The fourth-order valence-electron chi connectivity index (χ4n) is 4.69. The standard InChI is InChI=1S/C15H24O2/c1-5-15(7-3-13-14(9-15)17-13)6-2-11(1)12-4-8-16-10-12/h11-14H,1-10H2. The van der Waals surface area contributed by atoms with Crippen LogP contribution in [-0.2, 0) is 9.47 Å². The van der Waals surface area contributed by atoms with E-state index in [1.807, 2.05) is 0 Å². The quantitative estimate of drug-likeness (QED) is 0.652. The van der Waals surface area contributed by atoms with Crippen LogP contribution >= 0.6 is 0 Å². The van der Waals surface area contributed by atoms with E-state index in [1.54, 1.807) is 0 Å². The summed E-state index contributed by atoms with van der Waals surface area (Å²) in [5.74, 6) is 1.86. The van der Waals surface area contributed by atoms with Crippen molar-refractivity contribution in [1.82, 2.24) is 0 Å². The van der Waals surface area contributed by atoms with Crippen LogP contribution in [0.25, 0.3) is 0 Å². The van der Waals surface area contributed by atoms with Crippen molar-refractivity contribution >= 4 is 0 Å². The van der Waals surface area contributed by atoms with Gasteiger partial charge in [0.25, 0.3) is 0 Å². The molecule has 17 heavy (non-hydrogen) atoms. The lowest BCUT2D eigenvalue weighted by molar-refractivity contribution is 0.0784. The maximum absolute atomic E-state index is 5.71. The number of hydrogen-bond acceptors (Lipinski definition) is 2. The summed E-state index contributed by atoms with van der Waals surface area (Å²) in [6, 6.07) is 0. The first-order valence-corrected chi connectivity index (χ1v) is 7.58. The average Bonchev–Trinajstić information content (AvgIpc) is 2.89. The molecule has 0 radical (unpaired) electrons. The number of ether oxygens (including phenoxy) is 2. The summed E-state index contributed by atoms with van der Waals surface area (Å²) in [4.78, 5) is 0. The van der Waals surface area contributed by atoms with E-state index in [4.69, 9.17) is 9.47 Å². The van der Waals surface area contributed by atoms with Crippen molar-refractivity contribution in [2.24, 2.45) is 17.3 Å². The molecular weight excluding hydrogens is 212 g/mol. The van der Waals surface area contributed by atoms with Crippen LogP contribution in [0.2, 0.25) is 0 Å². The van der Waals surface area contributed by atoms with Crippen LogP contribution in [0.15, 0.2) is 0 Å². The van der Waals surface area contributed by atoms with Gasteiger partial charge in [-0.1, -0.05) is 0 Å². The van der Waals surface area contributed by atoms with Crippen LogP contribution in [0.3, 0.4) is 0 Å². The Morgan fingerprint density at radius 2 is 1.65 bits per heavy atom. The van der Waals surface area contributed by atoms with E-state index in [-0.39, 0.29) is 0 Å². The fraction of sp³-hybridized carbons (Fsp3) is 1.00. The van der Waals surface area contributed by atoms with Gasteiger partial charge in [-0.15, -0.1) is 0 Å². The Labute approximate surface area is 104 Å². The molecule has 2 aliphatic heterocycles. The van der Waals surface area contributed by atoms with E-state index in [1.165, 1.54) is 51.4 Å². The Balaban J connectivity index is 1.36. The molecule has 4 fully saturated rings. The van der Waals surface area contributed by atoms with Crippen molar-refractivity contribution in [2.45, 2.75) is 63.6 Å². The van der Waals surface area contributed by atoms with Gasteiger partial charge in [0.2, 0.25) is 0 Å². The zero-order valence-corrected chi connectivity index (χ0v) is 10.7. The number of fused-ring (bicyclic) bond motifs is 1. The van der Waals surface area contributed by atoms with Gasteiger partial charge in [0, 0.05) is 13.2 Å². The highest BCUT2D eigenvalue weighted by Crippen LogP contribution is 2.55. The van der Waals surface area contributed by atoms with E-state index in [0.717, 1.165) is 25.0 Å². The molecule has 2 saturated carbocycles. The molecule has 0 N–H and O–H groups in total. The molecule has 0 aromatic rings. The SMILES string of the molecule is C1CC(C2CCC3(CC2)CCC2OC2C3)CO1. The molecule has 3 atom stereocenters. The van der Waals surface area contributed by atoms with Crippen LogP contribution in [0, 0.1) is 17.3 Å². The van der Waals surface area contributed by atoms with Crippen LogP contribution in [0.4, 0.5) is 0 Å². The molecular formula is C15H24O2. The largest absolute Gasteiger partial charge is 0.381 e. The molecule has 0 aromatic carbocycles. The van der Waals surface area contributed by atoms with Gasteiger partial charge in [0.05, 0.1) is 12.2 Å². The Morgan fingerprint density at radius 1 is 0.824 bits per heavy atom. The zero-order valence-electron chi connectivity index (χ0n) is 10.7. The maximum atomic E-state index is 5.71. The van der Waals surface area contributed by atoms with Gasteiger partial charge in [-0.3, -0.25) is 0 Å². The van der Waals surface area contributed by atoms with Crippen LogP contribution in [-0.4, -0.2) is 25.4 Å². The summed E-state index contributed by atoms with van der Waals surface area (Å²) in [7, 11) is 0. The summed E-state index contributed by atoms with van der Waals surface area (Å²) in [6.45, 7) is 2.06. The highest BCUT2D eigenvalue weighted by molar-refractivity contribution is 5.00. The van der Waals surface area contributed by atoms with Gasteiger partial charge in [-0.2, -0.15) is 0 Å². The Morgan fingerprint density at radius 3 is 2.35 bits per heavy atom. The first kappa shape index (κ1) is 10.8. The van der Waals surface area contributed by atoms with Gasteiger partial charge in [-0.25, -0.2) is 0 Å². The monoisotopic (exact) mass is 236 g/mol. The average molecular weight is 236 g/mol. The second-order valence-corrected chi connectivity index (χ2v) is 6.92. The second kappa shape index (κ2) is 3.96. The second-order valence-electron chi connectivity index (χ2n) is 6.92. The minimum Gasteiger partial charge on any atom is -0.381 e. The summed E-state index contributed by atoms with van der Waals surface area (Å²) < 4.78 is 11.3. The first-order chi connectivity index (χ1) is 8.35. The van der Waals surface area contributed by atoms with E-state index < -0.39 is 0 Å². The predicted octanol–water partition coefficient (Wildman–Crippen LogP) is 3.15. The van der Waals surface area contributed by atoms with Crippen LogP contribution in [0.5, 0.6) is 0 Å². The van der Waals surface area contributed by atoms with E-state index >= 15 is 0 Å². The molecule has 0 amide bonds. The van der Waals surface area contributed by atoms with Gasteiger partial charge in [-0.05, 0) is 68.6 Å². The van der Waals surface area contributed by atoms with Crippen molar-refractivity contribution in [2.75, 3.05) is 13.2 Å². The molecule has 4 rings (SSSR count). The van der Waals surface area contributed by atoms with Crippen molar-refractivity contribution in [3.05, 3.63) is 0 Å². The van der Waals surface area contributed by atoms with Gasteiger partial charge in [0.1, 0.15) is 0 Å². The Bertz CT molecular complexity index is 287. The molecule has 2 heterocycles. The predicted molar refractivity (Wildman–Crippen MR) is 65.8 cm³/mol. The highest BCUT2D eigenvalue weighted by Gasteiger charge is 2.51. The molecule has 4 aliphatic rings. The number of epoxide rings is 1. The summed E-state index contributed by atoms with van der Waals surface area (Å²) in [6.07, 6.45) is 12.7. The smallest absolute Gasteiger partial charge is 0.0847 e. The van der Waals surface area contributed by atoms with Gasteiger partial charge in [0.15, 0.2) is 0 Å². The fourth-order valence-corrected chi connectivity index (χ4v) is 4.69. The molecule has 96 valence electrons. The van der Waals surface area contributed by atoms with E-state index in [2.05, 4.69) is 0 Å². The van der Waals surface area contributed by atoms with E-state index in [9.17, 15) is 0 Å². The van der Waals surface area contributed by atoms with Crippen molar-refractivity contribution < 1.29 is 9.47 Å². The minimum absolute atomic E-state index is 0.662. The summed E-state index contributed by atoms with van der Waals surface area (Å²) in [5, 5.41) is 0. The van der Waals surface area contributed by atoms with Crippen LogP contribution in [0.1, 0.15) is 51.4 Å². The molecule has 3 unspecified atom stereocenters. The summed E-state index contributed by atoms with van der Waals surface area (Å²) >= 11 is 0. The van der Waals surface area contributed by atoms with Crippen molar-refractivity contribution in [3.63, 3.8) is 0 Å². The lowest BCUT2D eigenvalue weighted by atomic mass is 9.61. The molecule has 2 nitrogen and oxygen atoms in total. The molecule has 2 saturated heterocycles. The van der Waals surface area contributed by atoms with Crippen molar-refractivity contribution in [3.8, 4) is 0 Å². The lowest BCUT2D eigenvalue weighted by Crippen LogP contribution is -2.34. The molecule has 2 heteroatoms. The Hall–Kier alpha value is -0.0800. The molecule has 0 bridgehead atoms. The Kier molecular flexibility index (Phi) is 2.52. The summed E-state index contributed by atoms with van der Waals surface area (Å²) in [5.41, 5.74) is 0.688. The van der Waals surface area contributed by atoms with Gasteiger partial charge >= 0.3 is 0 Å². The molecule has 0 aromatic heterocycles. The third kappa shape index (κ3) is 1.94. The molecule has 1 spiro atoms. The first-order valence-electron chi connectivity index (χ1n) is 7.58. The minimum atomic E-state index is 0.662. The highest BCUT2D eigenvalue weighted by atomic mass is 16.6. The van der Waals surface area contributed by atoms with Crippen LogP contribution < -0.4 is 0 Å². The zero-order chi connectivity index (χ0) is 11.3. The van der Waals surface area contributed by atoms with Gasteiger partial charge < -0.3 is 9.47 Å². The van der Waals surface area contributed by atoms with Crippen molar-refractivity contribution in [1.29, 1.82) is 0 Å². The number of hydrogen-bond donors (Lipinski definition) is 0.